The van der Waals surface area contributed by atoms with Crippen LogP contribution in [0, 0.1) is 30.6 Å². The Morgan fingerprint density at radius 1 is 1.01 bits per heavy atom. The van der Waals surface area contributed by atoms with Gasteiger partial charge in [-0.2, -0.15) is 0 Å². The summed E-state index contributed by atoms with van der Waals surface area (Å²) in [5.41, 5.74) is 6.09. The van der Waals surface area contributed by atoms with Crippen molar-refractivity contribution in [2.24, 2.45) is 29.4 Å². The summed E-state index contributed by atoms with van der Waals surface area (Å²) in [6.07, 6.45) is 4.95. The minimum Gasteiger partial charge on any atom is -0.465 e. The highest BCUT2D eigenvalue weighted by Gasteiger charge is 2.64. The quantitative estimate of drug-likeness (QED) is 0.0192. The molecule has 0 aliphatic carbocycles. The Hall–Kier alpha value is -6.11. The lowest BCUT2D eigenvalue weighted by Gasteiger charge is -2.41. The predicted octanol–water partition coefficient (Wildman–Crippen LogP) is 8.71. The van der Waals surface area contributed by atoms with E-state index in [0.29, 0.717) is 58.0 Å². The minimum atomic E-state index is -1.65. The number of aryl methyl sites for hydroxylation is 1. The lowest BCUT2D eigenvalue weighted by atomic mass is 9.78. The Kier molecular flexibility index (Phi) is 26.7. The van der Waals surface area contributed by atoms with Gasteiger partial charge in [0, 0.05) is 87.5 Å². The number of ketones is 2. The van der Waals surface area contributed by atoms with Gasteiger partial charge in [0.25, 0.3) is 5.91 Å². The van der Waals surface area contributed by atoms with E-state index < -0.39 is 102 Å². The first kappa shape index (κ1) is 72.9. The number of Topliss-reactive ketones (excluding diaryl/α,β-unsaturated/α-hetero) is 2. The number of epoxide rings is 1. The number of primary amides is 1. The summed E-state index contributed by atoms with van der Waals surface area (Å²) in [5, 5.41) is 19.2. The number of alkyl halides is 2. The van der Waals surface area contributed by atoms with Crippen molar-refractivity contribution in [3.63, 3.8) is 0 Å². The Labute approximate surface area is 548 Å². The van der Waals surface area contributed by atoms with Crippen LogP contribution in [0.4, 0.5) is 10.5 Å². The third-order valence-corrected chi connectivity index (χ3v) is 19.5. The molecule has 2 fully saturated rings. The van der Waals surface area contributed by atoms with Crippen LogP contribution in [0.3, 0.4) is 0 Å². The maximum absolute atomic E-state index is 14.7. The molecule has 24 heteroatoms. The molecular formula is C66H87Br2ClN6O15. The van der Waals surface area contributed by atoms with Crippen molar-refractivity contribution in [2.45, 2.75) is 173 Å². The zero-order valence-electron chi connectivity index (χ0n) is 53.1. The summed E-state index contributed by atoms with van der Waals surface area (Å²) in [4.78, 5) is 130. The topological polar surface area (TPSA) is 293 Å². The van der Waals surface area contributed by atoms with Crippen molar-refractivity contribution in [2.75, 3.05) is 49.9 Å². The molecule has 10 atom stereocenters. The lowest BCUT2D eigenvalue weighted by Crippen LogP contribution is -2.53. The van der Waals surface area contributed by atoms with E-state index in [1.165, 1.54) is 43.1 Å². The Bertz CT molecular complexity index is 3200. The summed E-state index contributed by atoms with van der Waals surface area (Å²) in [5.74, 6) is -5.79. The fourth-order valence-corrected chi connectivity index (χ4v) is 13.5. The number of halogens is 3. The SMILES string of the molecule is CO[C@@H]1/C=C/C=C(\C)Cc2cc(C)c(Cl)c(c2)N(C)C(=O)C[C@H](OC(=O)[C@H](C)N(C)C(=O)c2ccc(CC(=O)[C@H](CCCNC(N)=O)NC(=O)[C@@H](CC(=O)CCCCCOC(=O)C(CBr)CBr)C(C)C)c3cccnc23)[C@]2(C)O[C@H]2[C@H](C)[C@@H]2C[C@@]1(O)CC(=O)O2. The van der Waals surface area contributed by atoms with Crippen molar-refractivity contribution in [1.29, 1.82) is 0 Å². The highest BCUT2D eigenvalue weighted by atomic mass is 79.9. The molecule has 3 aliphatic rings. The van der Waals surface area contributed by atoms with Crippen molar-refractivity contribution in [3.05, 3.63) is 93.7 Å². The van der Waals surface area contributed by atoms with Gasteiger partial charge in [0.1, 0.15) is 41.3 Å². The fourth-order valence-electron chi connectivity index (χ4n) is 11.7. The summed E-state index contributed by atoms with van der Waals surface area (Å²) in [6, 6.07) is 7.16. The number of esters is 3. The molecular weight excluding hydrogens is 1310 g/mol. The van der Waals surface area contributed by atoms with Crippen molar-refractivity contribution in [1.82, 2.24) is 20.5 Å². The number of nitrogens with one attached hydrogen (secondary N) is 2. The number of hydrogen-bond acceptors (Lipinski definition) is 16. The van der Waals surface area contributed by atoms with Crippen LogP contribution in [0.25, 0.3) is 10.9 Å². The summed E-state index contributed by atoms with van der Waals surface area (Å²) in [7, 11) is 4.46. The number of methoxy groups -OCH3 is 1. The van der Waals surface area contributed by atoms with Crippen LogP contribution in [0.1, 0.15) is 133 Å². The van der Waals surface area contributed by atoms with E-state index in [9.17, 15) is 48.3 Å². The number of amides is 5. The van der Waals surface area contributed by atoms with Crippen LogP contribution in [0.15, 0.2) is 66.4 Å². The zero-order chi connectivity index (χ0) is 66.4. The van der Waals surface area contributed by atoms with Crippen LogP contribution in [-0.4, -0.2) is 161 Å². The number of benzene rings is 2. The Morgan fingerprint density at radius 3 is 2.41 bits per heavy atom. The zero-order valence-corrected chi connectivity index (χ0v) is 57.0. The highest BCUT2D eigenvalue weighted by Crippen LogP contribution is 2.50. The number of anilines is 1. The largest absolute Gasteiger partial charge is 0.465 e. The second kappa shape index (κ2) is 32.9. The summed E-state index contributed by atoms with van der Waals surface area (Å²) >= 11 is 13.5. The monoisotopic (exact) mass is 1400 g/mol. The molecule has 0 spiro atoms. The van der Waals surface area contributed by atoms with E-state index in [2.05, 4.69) is 47.5 Å². The average Bonchev–Trinajstić information content (AvgIpc) is 1.63. The minimum absolute atomic E-state index is 0.00931. The number of fused-ring (bicyclic) bond motifs is 6. The second-order valence-electron chi connectivity index (χ2n) is 24.6. The number of pyridine rings is 1. The van der Waals surface area contributed by atoms with Gasteiger partial charge in [-0.15, -0.1) is 0 Å². The van der Waals surface area contributed by atoms with Gasteiger partial charge in [0.2, 0.25) is 11.8 Å². The molecule has 21 nitrogen and oxygen atoms in total. The normalized spacial score (nSPS) is 23.9. The molecule has 4 heterocycles. The van der Waals surface area contributed by atoms with Gasteiger partial charge in [-0.25, -0.2) is 9.59 Å². The molecule has 1 aromatic heterocycles. The van der Waals surface area contributed by atoms with Crippen LogP contribution in [-0.2, 0) is 70.1 Å². The predicted molar refractivity (Wildman–Crippen MR) is 347 cm³/mol. The number of likely N-dealkylation sites (N-methyl/N-ethyl adjacent to an activating group) is 1. The smallest absolute Gasteiger partial charge is 0.328 e. The van der Waals surface area contributed by atoms with Crippen LogP contribution < -0.4 is 21.3 Å². The van der Waals surface area contributed by atoms with Gasteiger partial charge in [0.15, 0.2) is 5.78 Å². The van der Waals surface area contributed by atoms with Crippen molar-refractivity contribution < 1.29 is 71.9 Å². The first-order valence-corrected chi connectivity index (χ1v) is 33.2. The maximum atomic E-state index is 14.7. The molecule has 5 amide bonds. The molecule has 5 N–H and O–H groups in total. The first-order chi connectivity index (χ1) is 42.6. The van der Waals surface area contributed by atoms with E-state index in [4.69, 9.17) is 41.0 Å². The van der Waals surface area contributed by atoms with Gasteiger partial charge in [-0.1, -0.05) is 106 Å². The summed E-state index contributed by atoms with van der Waals surface area (Å²) < 4.78 is 29.7. The number of allylic oxidation sites excluding steroid dienone is 3. The fraction of sp³-hybridized carbons (Fsp3) is 0.576. The molecule has 492 valence electrons. The van der Waals surface area contributed by atoms with Gasteiger partial charge in [-0.05, 0) is 107 Å². The number of ether oxygens (including phenoxy) is 5. The molecule has 6 rings (SSSR count). The molecule has 3 aromatic rings. The molecule has 2 saturated heterocycles. The Balaban J connectivity index is 1.20. The van der Waals surface area contributed by atoms with E-state index in [-0.39, 0.29) is 98.5 Å². The number of unbranched alkanes of at least 4 members (excludes halogenated alkanes) is 2. The first-order valence-electron chi connectivity index (χ1n) is 30.6. The number of aliphatic hydroxyl groups is 1. The maximum Gasteiger partial charge on any atom is 0.328 e. The molecule has 0 radical (unpaired) electrons. The third kappa shape index (κ3) is 18.8. The number of carbonyl (C=O) groups is 9. The number of hydrogen-bond donors (Lipinski definition) is 4. The number of urea groups is 1. The van der Waals surface area contributed by atoms with Crippen molar-refractivity contribution >= 4 is 113 Å². The third-order valence-electron chi connectivity index (χ3n) is 17.5. The number of nitrogens with two attached hydrogens (primary N) is 1. The Morgan fingerprint density at radius 2 is 1.73 bits per heavy atom. The number of nitrogens with zero attached hydrogens (tertiary/aromatic N) is 3. The number of aromatic nitrogens is 1. The molecule has 0 unspecified atom stereocenters. The van der Waals surface area contributed by atoms with Crippen LogP contribution >= 0.6 is 43.5 Å². The van der Waals surface area contributed by atoms with Gasteiger partial charge in [-0.3, -0.25) is 38.5 Å². The molecule has 2 aromatic carbocycles. The highest BCUT2D eigenvalue weighted by molar-refractivity contribution is 9.09. The average molecular weight is 1400 g/mol. The van der Waals surface area contributed by atoms with Gasteiger partial charge >= 0.3 is 23.9 Å². The molecule has 90 heavy (non-hydrogen) atoms. The van der Waals surface area contributed by atoms with E-state index in [1.54, 1.807) is 51.2 Å². The van der Waals surface area contributed by atoms with Crippen LogP contribution in [0.2, 0.25) is 5.02 Å². The second-order valence-corrected chi connectivity index (χ2v) is 26.3. The van der Waals surface area contributed by atoms with E-state index >= 15 is 0 Å². The van der Waals surface area contributed by atoms with Gasteiger partial charge in [0.05, 0.1) is 59.3 Å². The van der Waals surface area contributed by atoms with Crippen LogP contribution in [0.5, 0.6) is 0 Å². The lowest BCUT2D eigenvalue weighted by molar-refractivity contribution is -0.187. The van der Waals surface area contributed by atoms with Crippen molar-refractivity contribution in [3.8, 4) is 0 Å². The summed E-state index contributed by atoms with van der Waals surface area (Å²) in [6.45, 7) is 12.8. The van der Waals surface area contributed by atoms with Gasteiger partial charge < -0.3 is 55.0 Å². The number of rotatable bonds is 26. The number of carbonyl (C=O) groups excluding carboxylic acids is 9. The molecule has 3 aliphatic heterocycles. The molecule has 0 saturated carbocycles. The molecule has 4 bridgehead atoms. The van der Waals surface area contributed by atoms with E-state index in [0.717, 1.165) is 16.7 Å². The van der Waals surface area contributed by atoms with E-state index in [1.807, 2.05) is 45.9 Å². The standard InChI is InChI=1S/C66H87Br2ClN6O15/c1-37(2)48(31-45(76)18-12-11-13-26-87-63(83)44(35-67)36-68)60(80)73-49(20-16-25-72-64(70)84)51(77)30-43-22-23-47(58-46(43)19-15-24-71-58)61(81)74(8)41(6)62(82)89-54-32-55(78)75(9)50-29-42(28-39(4)57(50)69)27-38(3)17-14-21-53(86-10)66(85)33-52(88-56(79)34-66)40(5)59-65(54,7)90-59/h14-15,17,19,21-24,28-29,37,40-41,44,48-49,52-54,59,85H,11-13,16,18,20,25-27,30-36H2,1-10H3,(H,73,80)(H3,70,72,84)/b21-14+,38-17+/t40-,41+,48+,49+,52+,53-,54+,59+,65+,66-/m1/s1.